The van der Waals surface area contributed by atoms with Gasteiger partial charge in [0, 0.05) is 37.9 Å². The van der Waals surface area contributed by atoms with E-state index < -0.39 is 5.97 Å². The molecule has 0 atom stereocenters. The molecular formula is C23H25ClN4O3S. The number of benzene rings is 1. The van der Waals surface area contributed by atoms with Gasteiger partial charge in [0.15, 0.2) is 5.16 Å². The summed E-state index contributed by atoms with van der Waals surface area (Å²) in [6, 6.07) is 13.1. The highest BCUT2D eigenvalue weighted by molar-refractivity contribution is 7.98. The molecule has 0 saturated carbocycles. The van der Waals surface area contributed by atoms with E-state index in [-0.39, 0.29) is 11.7 Å². The fourth-order valence-electron chi connectivity index (χ4n) is 3.54. The molecule has 1 saturated heterocycles. The number of carboxylic acids is 1. The average molecular weight is 473 g/mol. The first-order valence-electron chi connectivity index (χ1n) is 10.5. The van der Waals surface area contributed by atoms with Crippen molar-refractivity contribution in [3.8, 4) is 0 Å². The maximum absolute atomic E-state index is 11.0. The smallest absolute Gasteiger partial charge is 0.371 e. The standard InChI is InChI=1S/C23H25ClN4O3S/c1-15(2)18-13-21(26-23(25-18)32-14-16-7-8-20(31-16)22(29)30)28-11-9-27(10-12-28)19-6-4-3-5-17(19)24/h3-8,13,15H,9-12,14H2,1-2H3,(H,29,30). The Morgan fingerprint density at radius 1 is 1.12 bits per heavy atom. The van der Waals surface area contributed by atoms with E-state index in [1.807, 2.05) is 18.2 Å². The van der Waals surface area contributed by atoms with Crippen molar-refractivity contribution in [2.24, 2.45) is 0 Å². The van der Waals surface area contributed by atoms with Crippen molar-refractivity contribution in [1.29, 1.82) is 0 Å². The zero-order chi connectivity index (χ0) is 22.7. The maximum Gasteiger partial charge on any atom is 0.371 e. The highest BCUT2D eigenvalue weighted by Gasteiger charge is 2.21. The molecule has 0 unspecified atom stereocenters. The van der Waals surface area contributed by atoms with Gasteiger partial charge in [-0.3, -0.25) is 0 Å². The van der Waals surface area contributed by atoms with Gasteiger partial charge in [-0.2, -0.15) is 0 Å². The van der Waals surface area contributed by atoms with Crippen LogP contribution >= 0.6 is 23.4 Å². The molecule has 1 N–H and O–H groups in total. The lowest BCUT2D eigenvalue weighted by molar-refractivity contribution is 0.0661. The number of carboxylic acid groups (broad SMARTS) is 1. The number of piperazine rings is 1. The van der Waals surface area contributed by atoms with Crippen molar-refractivity contribution in [1.82, 2.24) is 9.97 Å². The minimum atomic E-state index is -1.07. The number of para-hydroxylation sites is 1. The van der Waals surface area contributed by atoms with Crippen molar-refractivity contribution < 1.29 is 14.3 Å². The predicted octanol–water partition coefficient (Wildman–Crippen LogP) is 5.16. The number of carbonyl (C=O) groups is 1. The van der Waals surface area contributed by atoms with Crippen LogP contribution < -0.4 is 9.80 Å². The Bertz CT molecular complexity index is 1100. The lowest BCUT2D eigenvalue weighted by Gasteiger charge is -2.37. The van der Waals surface area contributed by atoms with Crippen molar-refractivity contribution in [3.63, 3.8) is 0 Å². The van der Waals surface area contributed by atoms with Gasteiger partial charge in [-0.05, 0) is 30.2 Å². The van der Waals surface area contributed by atoms with Crippen molar-refractivity contribution in [2.75, 3.05) is 36.0 Å². The van der Waals surface area contributed by atoms with Crippen LogP contribution in [-0.2, 0) is 5.75 Å². The Kier molecular flexibility index (Phi) is 6.91. The SMILES string of the molecule is CC(C)c1cc(N2CCN(c3ccccc3Cl)CC2)nc(SCc2ccc(C(=O)O)o2)n1. The molecule has 0 radical (unpaired) electrons. The minimum Gasteiger partial charge on any atom is -0.475 e. The summed E-state index contributed by atoms with van der Waals surface area (Å²) in [6.07, 6.45) is 0. The number of hydrogen-bond donors (Lipinski definition) is 1. The number of furan rings is 1. The molecule has 0 amide bonds. The number of thioether (sulfide) groups is 1. The Balaban J connectivity index is 1.47. The number of nitrogens with zero attached hydrogens (tertiary/aromatic N) is 4. The van der Waals surface area contributed by atoms with Crippen molar-refractivity contribution in [2.45, 2.75) is 30.7 Å². The van der Waals surface area contributed by atoms with E-state index in [9.17, 15) is 4.79 Å². The molecule has 2 aromatic heterocycles. The Hall–Kier alpha value is -2.71. The normalized spacial score (nSPS) is 14.2. The molecule has 4 rings (SSSR count). The zero-order valence-electron chi connectivity index (χ0n) is 18.0. The summed E-state index contributed by atoms with van der Waals surface area (Å²) in [5, 5.41) is 10.5. The van der Waals surface area contributed by atoms with Crippen LogP contribution in [0.2, 0.25) is 5.02 Å². The van der Waals surface area contributed by atoms with E-state index in [1.165, 1.54) is 17.8 Å². The second kappa shape index (κ2) is 9.83. The van der Waals surface area contributed by atoms with E-state index >= 15 is 0 Å². The zero-order valence-corrected chi connectivity index (χ0v) is 19.6. The molecule has 0 spiro atoms. The monoisotopic (exact) mass is 472 g/mol. The highest BCUT2D eigenvalue weighted by Crippen LogP contribution is 2.29. The molecule has 0 aliphatic carbocycles. The van der Waals surface area contributed by atoms with Crippen LogP contribution in [-0.4, -0.2) is 47.2 Å². The Morgan fingerprint density at radius 3 is 2.50 bits per heavy atom. The van der Waals surface area contributed by atoms with E-state index in [0.29, 0.717) is 16.7 Å². The van der Waals surface area contributed by atoms with Gasteiger partial charge in [-0.1, -0.05) is 49.3 Å². The molecule has 3 heterocycles. The molecule has 3 aromatic rings. The number of anilines is 2. The molecule has 32 heavy (non-hydrogen) atoms. The lowest BCUT2D eigenvalue weighted by Crippen LogP contribution is -2.47. The number of halogens is 1. The van der Waals surface area contributed by atoms with E-state index in [2.05, 4.69) is 35.8 Å². The fourth-order valence-corrected chi connectivity index (χ4v) is 4.55. The van der Waals surface area contributed by atoms with E-state index in [1.54, 1.807) is 6.07 Å². The summed E-state index contributed by atoms with van der Waals surface area (Å²) in [5.74, 6) is 1.10. The third-order valence-electron chi connectivity index (χ3n) is 5.32. The van der Waals surface area contributed by atoms with Gasteiger partial charge in [0.05, 0.1) is 16.5 Å². The number of aromatic carboxylic acids is 1. The molecule has 1 fully saturated rings. The van der Waals surface area contributed by atoms with Gasteiger partial charge in [0.25, 0.3) is 0 Å². The Morgan fingerprint density at radius 2 is 1.84 bits per heavy atom. The molecule has 7 nitrogen and oxygen atoms in total. The first kappa shape index (κ1) is 22.5. The topological polar surface area (TPSA) is 82.7 Å². The van der Waals surface area contributed by atoms with Crippen molar-refractivity contribution >= 4 is 40.8 Å². The quantitative estimate of drug-likeness (QED) is 0.372. The molecule has 1 aliphatic heterocycles. The number of aromatic nitrogens is 2. The molecule has 1 aliphatic rings. The van der Waals surface area contributed by atoms with Crippen LogP contribution in [0, 0.1) is 0 Å². The van der Waals surface area contributed by atoms with Gasteiger partial charge >= 0.3 is 5.97 Å². The van der Waals surface area contributed by atoms with Gasteiger partial charge in [0.1, 0.15) is 11.6 Å². The van der Waals surface area contributed by atoms with Crippen LogP contribution in [0.1, 0.15) is 41.8 Å². The van der Waals surface area contributed by atoms with E-state index in [0.717, 1.165) is 48.4 Å². The second-order valence-electron chi connectivity index (χ2n) is 7.87. The summed E-state index contributed by atoms with van der Waals surface area (Å²) >= 11 is 7.82. The summed E-state index contributed by atoms with van der Waals surface area (Å²) in [7, 11) is 0. The molecule has 0 bridgehead atoms. The van der Waals surface area contributed by atoms with Crippen LogP contribution in [0.4, 0.5) is 11.5 Å². The van der Waals surface area contributed by atoms with Gasteiger partial charge in [-0.25, -0.2) is 14.8 Å². The first-order valence-corrected chi connectivity index (χ1v) is 11.9. The molecule has 9 heteroatoms. The summed E-state index contributed by atoms with van der Waals surface area (Å²) < 4.78 is 5.35. The number of rotatable bonds is 7. The third-order valence-corrected chi connectivity index (χ3v) is 6.51. The summed E-state index contributed by atoms with van der Waals surface area (Å²) in [4.78, 5) is 25.1. The van der Waals surface area contributed by atoms with Crippen LogP contribution in [0.3, 0.4) is 0 Å². The first-order chi connectivity index (χ1) is 15.4. The third kappa shape index (κ3) is 5.19. The maximum atomic E-state index is 11.0. The van der Waals surface area contributed by atoms with E-state index in [4.69, 9.17) is 31.1 Å². The number of hydrogen-bond acceptors (Lipinski definition) is 7. The largest absolute Gasteiger partial charge is 0.475 e. The van der Waals surface area contributed by atoms with Crippen LogP contribution in [0.5, 0.6) is 0 Å². The molecule has 168 valence electrons. The highest BCUT2D eigenvalue weighted by atomic mass is 35.5. The Labute approximate surface area is 196 Å². The average Bonchev–Trinajstić information content (AvgIpc) is 3.27. The fraction of sp³-hybridized carbons (Fsp3) is 0.348. The van der Waals surface area contributed by atoms with Crippen molar-refractivity contribution in [3.05, 3.63) is 64.7 Å². The second-order valence-corrected chi connectivity index (χ2v) is 9.22. The lowest BCUT2D eigenvalue weighted by atomic mass is 10.1. The predicted molar refractivity (Wildman–Crippen MR) is 127 cm³/mol. The molecule has 1 aromatic carbocycles. The summed E-state index contributed by atoms with van der Waals surface area (Å²) in [5.41, 5.74) is 2.05. The van der Waals surface area contributed by atoms with Gasteiger partial charge in [0.2, 0.25) is 5.76 Å². The summed E-state index contributed by atoms with van der Waals surface area (Å²) in [6.45, 7) is 7.62. The minimum absolute atomic E-state index is 0.0606. The van der Waals surface area contributed by atoms with Gasteiger partial charge < -0.3 is 19.3 Å². The van der Waals surface area contributed by atoms with Gasteiger partial charge in [-0.15, -0.1) is 0 Å². The van der Waals surface area contributed by atoms with Crippen LogP contribution in [0.15, 0.2) is 52.0 Å². The van der Waals surface area contributed by atoms with Crippen LogP contribution in [0.25, 0.3) is 0 Å². The molecular weight excluding hydrogens is 448 g/mol.